The zero-order valence-electron chi connectivity index (χ0n) is 14.0. The van der Waals surface area contributed by atoms with Gasteiger partial charge in [0.25, 0.3) is 5.91 Å². The van der Waals surface area contributed by atoms with Crippen molar-refractivity contribution in [3.05, 3.63) is 45.1 Å². The van der Waals surface area contributed by atoms with Gasteiger partial charge in [-0.2, -0.15) is 0 Å². The van der Waals surface area contributed by atoms with Crippen molar-refractivity contribution in [3.63, 3.8) is 0 Å². The fourth-order valence-electron chi connectivity index (χ4n) is 3.02. The third kappa shape index (κ3) is 3.62. The highest BCUT2D eigenvalue weighted by atomic mass is 35.5. The molecule has 1 amide bonds. The molecule has 1 saturated heterocycles. The Morgan fingerprint density at radius 1 is 1.32 bits per heavy atom. The molecule has 3 rings (SSSR count). The standard InChI is InChI=1S/C17H19Cl2N3O2S/c1-10-14(16(23)22-5-7-24-8-6-22)15(20-17(25)21(10)2)12-4-3-11(18)9-13(12)19/h3-4,9,15H,5-8H2,1-2H3,(H,20,25). The molecule has 2 aliphatic heterocycles. The Bertz CT molecular complexity index is 747. The van der Waals surface area contributed by atoms with E-state index in [9.17, 15) is 4.79 Å². The van der Waals surface area contributed by atoms with Crippen LogP contribution in [-0.4, -0.2) is 54.2 Å². The van der Waals surface area contributed by atoms with Crippen molar-refractivity contribution in [2.45, 2.75) is 13.0 Å². The maximum atomic E-state index is 13.2. The van der Waals surface area contributed by atoms with Crippen molar-refractivity contribution in [3.8, 4) is 0 Å². The molecule has 2 aliphatic rings. The molecule has 0 aromatic heterocycles. The lowest BCUT2D eigenvalue weighted by Crippen LogP contribution is -2.50. The summed E-state index contributed by atoms with van der Waals surface area (Å²) in [5, 5.41) is 4.83. The van der Waals surface area contributed by atoms with Crippen LogP contribution in [0.3, 0.4) is 0 Å². The van der Waals surface area contributed by atoms with Crippen LogP contribution in [0.25, 0.3) is 0 Å². The number of thiocarbonyl (C=S) groups is 1. The number of allylic oxidation sites excluding steroid dienone is 1. The summed E-state index contributed by atoms with van der Waals surface area (Å²) in [5.74, 6) is -0.0290. The number of morpholine rings is 1. The number of hydrogen-bond donors (Lipinski definition) is 1. The average molecular weight is 400 g/mol. The maximum absolute atomic E-state index is 13.2. The summed E-state index contributed by atoms with van der Waals surface area (Å²) in [6, 6.07) is 4.85. The van der Waals surface area contributed by atoms with E-state index < -0.39 is 6.04 Å². The summed E-state index contributed by atoms with van der Waals surface area (Å²) in [4.78, 5) is 16.8. The second-order valence-electron chi connectivity index (χ2n) is 6.01. The summed E-state index contributed by atoms with van der Waals surface area (Å²) < 4.78 is 5.35. The Balaban J connectivity index is 2.05. The molecule has 1 atom stereocenters. The predicted octanol–water partition coefficient (Wildman–Crippen LogP) is 2.99. The van der Waals surface area contributed by atoms with Gasteiger partial charge in [0, 0.05) is 35.9 Å². The summed E-state index contributed by atoms with van der Waals surface area (Å²) >= 11 is 17.8. The first-order valence-electron chi connectivity index (χ1n) is 7.97. The Hall–Kier alpha value is -1.34. The topological polar surface area (TPSA) is 44.8 Å². The van der Waals surface area contributed by atoms with Crippen LogP contribution >= 0.6 is 35.4 Å². The summed E-state index contributed by atoms with van der Waals surface area (Å²) in [5.41, 5.74) is 2.23. The van der Waals surface area contributed by atoms with Crippen LogP contribution < -0.4 is 5.32 Å². The number of carbonyl (C=O) groups excluding carboxylic acids is 1. The molecule has 1 N–H and O–H groups in total. The normalized spacial score (nSPS) is 21.4. The third-order valence-electron chi connectivity index (χ3n) is 4.56. The zero-order valence-corrected chi connectivity index (χ0v) is 16.3. The molecule has 2 heterocycles. The minimum atomic E-state index is -0.413. The van der Waals surface area contributed by atoms with Crippen molar-refractivity contribution in [1.29, 1.82) is 0 Å². The fourth-order valence-corrected chi connectivity index (χ4v) is 3.79. The van der Waals surface area contributed by atoms with E-state index in [0.717, 1.165) is 11.3 Å². The lowest BCUT2D eigenvalue weighted by molar-refractivity contribution is -0.131. The molecule has 134 valence electrons. The molecule has 25 heavy (non-hydrogen) atoms. The number of ether oxygens (including phenoxy) is 1. The highest BCUT2D eigenvalue weighted by Crippen LogP contribution is 2.35. The zero-order chi connectivity index (χ0) is 18.1. The maximum Gasteiger partial charge on any atom is 0.254 e. The van der Waals surface area contributed by atoms with E-state index in [2.05, 4.69) is 5.32 Å². The number of halogens is 2. The van der Waals surface area contributed by atoms with Crippen molar-refractivity contribution in [1.82, 2.24) is 15.1 Å². The van der Waals surface area contributed by atoms with E-state index in [0.29, 0.717) is 47.0 Å². The summed E-state index contributed by atoms with van der Waals surface area (Å²) in [6.45, 7) is 4.14. The van der Waals surface area contributed by atoms with E-state index in [4.69, 9.17) is 40.2 Å². The van der Waals surface area contributed by atoms with Gasteiger partial charge in [-0.25, -0.2) is 0 Å². The highest BCUT2D eigenvalue weighted by molar-refractivity contribution is 7.80. The first-order valence-corrected chi connectivity index (χ1v) is 9.13. The Morgan fingerprint density at radius 3 is 2.64 bits per heavy atom. The first kappa shape index (κ1) is 18.5. The third-order valence-corrected chi connectivity index (χ3v) is 5.51. The molecule has 0 saturated carbocycles. The Morgan fingerprint density at radius 2 is 2.00 bits per heavy atom. The van der Waals surface area contributed by atoms with E-state index in [1.165, 1.54) is 0 Å². The van der Waals surface area contributed by atoms with Gasteiger partial charge in [-0.05, 0) is 36.8 Å². The van der Waals surface area contributed by atoms with Gasteiger partial charge in [0.15, 0.2) is 5.11 Å². The van der Waals surface area contributed by atoms with Crippen LogP contribution in [0, 0.1) is 0 Å². The molecule has 1 unspecified atom stereocenters. The number of carbonyl (C=O) groups is 1. The van der Waals surface area contributed by atoms with Crippen molar-refractivity contribution in [2.75, 3.05) is 33.4 Å². The van der Waals surface area contributed by atoms with Gasteiger partial charge in [-0.3, -0.25) is 4.79 Å². The molecule has 5 nitrogen and oxygen atoms in total. The number of rotatable bonds is 2. The Kier molecular flexibility index (Phi) is 5.53. The fraction of sp³-hybridized carbons (Fsp3) is 0.412. The molecule has 0 aliphatic carbocycles. The first-order chi connectivity index (χ1) is 11.9. The molecule has 0 spiro atoms. The van der Waals surface area contributed by atoms with Crippen LogP contribution in [0.2, 0.25) is 10.0 Å². The molecule has 1 fully saturated rings. The van der Waals surface area contributed by atoms with Gasteiger partial charge < -0.3 is 19.9 Å². The number of benzene rings is 1. The second kappa shape index (κ2) is 7.50. The SMILES string of the molecule is CC1=C(C(=O)N2CCOCC2)C(c2ccc(Cl)cc2Cl)NC(=S)N1C. The van der Waals surface area contributed by atoms with E-state index in [-0.39, 0.29) is 5.91 Å². The molecule has 0 bridgehead atoms. The lowest BCUT2D eigenvalue weighted by atomic mass is 9.94. The van der Waals surface area contributed by atoms with E-state index in [1.807, 2.05) is 29.8 Å². The highest BCUT2D eigenvalue weighted by Gasteiger charge is 2.36. The van der Waals surface area contributed by atoms with Crippen LogP contribution in [0.4, 0.5) is 0 Å². The lowest BCUT2D eigenvalue weighted by Gasteiger charge is -2.38. The Labute approximate surface area is 162 Å². The number of amides is 1. The molecule has 0 radical (unpaired) electrons. The van der Waals surface area contributed by atoms with Crippen LogP contribution in [0.1, 0.15) is 18.5 Å². The minimum Gasteiger partial charge on any atom is -0.378 e. The number of nitrogens with zero attached hydrogens (tertiary/aromatic N) is 2. The van der Waals surface area contributed by atoms with E-state index in [1.54, 1.807) is 12.1 Å². The number of nitrogens with one attached hydrogen (secondary N) is 1. The van der Waals surface area contributed by atoms with Crippen LogP contribution in [0.15, 0.2) is 29.5 Å². The van der Waals surface area contributed by atoms with Gasteiger partial charge in [0.05, 0.1) is 24.8 Å². The van der Waals surface area contributed by atoms with Crippen LogP contribution in [-0.2, 0) is 9.53 Å². The second-order valence-corrected chi connectivity index (χ2v) is 7.24. The van der Waals surface area contributed by atoms with Gasteiger partial charge in [-0.1, -0.05) is 29.3 Å². The molecule has 1 aromatic rings. The quantitative estimate of drug-likeness (QED) is 0.774. The van der Waals surface area contributed by atoms with E-state index >= 15 is 0 Å². The largest absolute Gasteiger partial charge is 0.378 e. The van der Waals surface area contributed by atoms with Crippen LogP contribution in [0.5, 0.6) is 0 Å². The molecule has 1 aromatic carbocycles. The average Bonchev–Trinajstić information content (AvgIpc) is 2.60. The van der Waals surface area contributed by atoms with Crippen molar-refractivity contribution in [2.24, 2.45) is 0 Å². The van der Waals surface area contributed by atoms with Gasteiger partial charge in [-0.15, -0.1) is 0 Å². The van der Waals surface area contributed by atoms with Crippen molar-refractivity contribution >= 4 is 46.4 Å². The number of hydrogen-bond acceptors (Lipinski definition) is 3. The molecular weight excluding hydrogens is 381 g/mol. The predicted molar refractivity (Wildman–Crippen MR) is 103 cm³/mol. The summed E-state index contributed by atoms with van der Waals surface area (Å²) in [7, 11) is 1.84. The smallest absolute Gasteiger partial charge is 0.254 e. The van der Waals surface area contributed by atoms with Gasteiger partial charge in [0.1, 0.15) is 0 Å². The van der Waals surface area contributed by atoms with Crippen molar-refractivity contribution < 1.29 is 9.53 Å². The van der Waals surface area contributed by atoms with Gasteiger partial charge >= 0.3 is 0 Å². The summed E-state index contributed by atoms with van der Waals surface area (Å²) in [6.07, 6.45) is 0. The monoisotopic (exact) mass is 399 g/mol. The minimum absolute atomic E-state index is 0.0290. The molecular formula is C17H19Cl2N3O2S. The molecule has 8 heteroatoms. The van der Waals surface area contributed by atoms with Gasteiger partial charge in [0.2, 0.25) is 0 Å².